The summed E-state index contributed by atoms with van der Waals surface area (Å²) < 4.78 is 11.7. The average Bonchev–Trinajstić information content (AvgIpc) is 2.83. The van der Waals surface area contributed by atoms with Crippen molar-refractivity contribution in [3.8, 4) is 0 Å². The van der Waals surface area contributed by atoms with E-state index in [0.29, 0.717) is 12.7 Å². The minimum absolute atomic E-state index is 0.147. The first-order valence-electron chi connectivity index (χ1n) is 8.48. The van der Waals surface area contributed by atoms with E-state index < -0.39 is 0 Å². The lowest BCUT2D eigenvalue weighted by molar-refractivity contribution is -0.384. The Morgan fingerprint density at radius 1 is 1.17 bits per heavy atom. The first-order valence-corrected chi connectivity index (χ1v) is 8.48. The SMILES string of the molecule is O=[N+]([O-])c1cc(COC2CCC2)cc(N2CC3CCC(C2)O3)c1. The largest absolute Gasteiger partial charge is 0.374 e. The van der Waals surface area contributed by atoms with Gasteiger partial charge in [0.1, 0.15) is 0 Å². The van der Waals surface area contributed by atoms with E-state index >= 15 is 0 Å². The molecule has 2 bridgehead atoms. The zero-order chi connectivity index (χ0) is 15.8. The second kappa shape index (κ2) is 6.09. The summed E-state index contributed by atoms with van der Waals surface area (Å²) in [7, 11) is 0. The molecule has 2 atom stereocenters. The van der Waals surface area contributed by atoms with Crippen LogP contribution in [0.15, 0.2) is 18.2 Å². The highest BCUT2D eigenvalue weighted by atomic mass is 16.6. The van der Waals surface area contributed by atoms with Crippen LogP contribution in [0.2, 0.25) is 0 Å². The summed E-state index contributed by atoms with van der Waals surface area (Å²) >= 11 is 0. The number of nitro groups is 1. The highest BCUT2D eigenvalue weighted by Gasteiger charge is 2.34. The molecule has 1 aromatic carbocycles. The molecule has 0 spiro atoms. The van der Waals surface area contributed by atoms with Crippen LogP contribution in [0.3, 0.4) is 0 Å². The van der Waals surface area contributed by atoms with Crippen molar-refractivity contribution in [2.45, 2.75) is 57.0 Å². The van der Waals surface area contributed by atoms with Gasteiger partial charge >= 0.3 is 0 Å². The van der Waals surface area contributed by atoms with E-state index in [9.17, 15) is 10.1 Å². The molecule has 2 saturated heterocycles. The zero-order valence-corrected chi connectivity index (χ0v) is 13.1. The fourth-order valence-electron chi connectivity index (χ4n) is 3.60. The number of rotatable bonds is 5. The summed E-state index contributed by atoms with van der Waals surface area (Å²) in [6, 6.07) is 5.35. The van der Waals surface area contributed by atoms with Gasteiger partial charge in [-0.1, -0.05) is 0 Å². The summed E-state index contributed by atoms with van der Waals surface area (Å²) in [5, 5.41) is 11.3. The topological polar surface area (TPSA) is 64.8 Å². The van der Waals surface area contributed by atoms with Crippen LogP contribution < -0.4 is 4.90 Å². The number of benzene rings is 1. The van der Waals surface area contributed by atoms with Crippen LogP contribution in [-0.2, 0) is 16.1 Å². The van der Waals surface area contributed by atoms with Crippen molar-refractivity contribution < 1.29 is 14.4 Å². The molecule has 2 heterocycles. The van der Waals surface area contributed by atoms with Crippen LogP contribution in [0.4, 0.5) is 11.4 Å². The van der Waals surface area contributed by atoms with Crippen molar-refractivity contribution in [3.63, 3.8) is 0 Å². The van der Waals surface area contributed by atoms with E-state index in [1.54, 1.807) is 12.1 Å². The van der Waals surface area contributed by atoms with Gasteiger partial charge in [-0.2, -0.15) is 0 Å². The number of morpholine rings is 1. The van der Waals surface area contributed by atoms with Gasteiger partial charge in [0.05, 0.1) is 29.8 Å². The van der Waals surface area contributed by atoms with Gasteiger partial charge in [0.25, 0.3) is 5.69 Å². The standard InChI is InChI=1S/C17H22N2O4/c20-19(21)14-7-12(11-22-15-2-1-3-15)6-13(8-14)18-9-16-4-5-17(10-18)23-16/h6-8,15-17H,1-5,9-11H2. The number of hydrogen-bond donors (Lipinski definition) is 0. The number of nitro benzene ring substituents is 1. The van der Waals surface area contributed by atoms with Crippen LogP contribution in [0.5, 0.6) is 0 Å². The van der Waals surface area contributed by atoms with E-state index in [1.165, 1.54) is 6.42 Å². The minimum atomic E-state index is -0.314. The Hall–Kier alpha value is -1.66. The number of hydrogen-bond acceptors (Lipinski definition) is 5. The molecule has 6 nitrogen and oxygen atoms in total. The van der Waals surface area contributed by atoms with E-state index in [2.05, 4.69) is 4.90 Å². The molecule has 1 saturated carbocycles. The maximum Gasteiger partial charge on any atom is 0.271 e. The van der Waals surface area contributed by atoms with Gasteiger partial charge in [0.15, 0.2) is 0 Å². The third-order valence-corrected chi connectivity index (χ3v) is 5.12. The van der Waals surface area contributed by atoms with Crippen molar-refractivity contribution in [2.75, 3.05) is 18.0 Å². The maximum atomic E-state index is 11.3. The van der Waals surface area contributed by atoms with E-state index in [0.717, 1.165) is 50.0 Å². The van der Waals surface area contributed by atoms with Gasteiger partial charge < -0.3 is 14.4 Å². The Kier molecular flexibility index (Phi) is 3.95. The molecule has 3 fully saturated rings. The predicted octanol–water partition coefficient (Wildman–Crippen LogP) is 3.03. The molecular weight excluding hydrogens is 296 g/mol. The number of nitrogens with zero attached hydrogens (tertiary/aromatic N) is 2. The van der Waals surface area contributed by atoms with Gasteiger partial charge in [-0.05, 0) is 43.7 Å². The Labute approximate surface area is 135 Å². The van der Waals surface area contributed by atoms with Crippen molar-refractivity contribution in [2.24, 2.45) is 0 Å². The van der Waals surface area contributed by atoms with Crippen molar-refractivity contribution >= 4 is 11.4 Å². The summed E-state index contributed by atoms with van der Waals surface area (Å²) in [6.45, 7) is 2.09. The Balaban J connectivity index is 1.54. The van der Waals surface area contributed by atoms with Crippen LogP contribution in [-0.4, -0.2) is 36.3 Å². The second-order valence-electron chi connectivity index (χ2n) is 6.84. The lowest BCUT2D eigenvalue weighted by atomic mass is 9.96. The van der Waals surface area contributed by atoms with Gasteiger partial charge in [-0.15, -0.1) is 0 Å². The first kappa shape index (κ1) is 14.9. The van der Waals surface area contributed by atoms with E-state index in [1.807, 2.05) is 6.07 Å². The van der Waals surface area contributed by atoms with Crippen molar-refractivity contribution in [1.29, 1.82) is 0 Å². The van der Waals surface area contributed by atoms with Crippen LogP contribution >= 0.6 is 0 Å². The molecule has 3 aliphatic rings. The molecule has 124 valence electrons. The molecule has 0 aromatic heterocycles. The maximum absolute atomic E-state index is 11.3. The van der Waals surface area contributed by atoms with Crippen molar-refractivity contribution in [1.82, 2.24) is 0 Å². The third kappa shape index (κ3) is 3.19. The molecule has 2 aliphatic heterocycles. The molecule has 0 N–H and O–H groups in total. The summed E-state index contributed by atoms with van der Waals surface area (Å²) in [6.07, 6.45) is 6.48. The normalized spacial score (nSPS) is 27.0. The summed E-state index contributed by atoms with van der Waals surface area (Å²) in [5.41, 5.74) is 1.96. The summed E-state index contributed by atoms with van der Waals surface area (Å²) in [4.78, 5) is 13.2. The highest BCUT2D eigenvalue weighted by Crippen LogP contribution is 2.32. The minimum Gasteiger partial charge on any atom is -0.374 e. The lowest BCUT2D eigenvalue weighted by Gasteiger charge is -2.34. The Morgan fingerprint density at radius 2 is 1.91 bits per heavy atom. The molecule has 1 aliphatic carbocycles. The van der Waals surface area contributed by atoms with Gasteiger partial charge in [0, 0.05) is 30.9 Å². The van der Waals surface area contributed by atoms with Gasteiger partial charge in [0.2, 0.25) is 0 Å². The number of non-ortho nitro benzene ring substituents is 1. The van der Waals surface area contributed by atoms with Crippen molar-refractivity contribution in [3.05, 3.63) is 33.9 Å². The highest BCUT2D eigenvalue weighted by molar-refractivity contribution is 5.56. The van der Waals surface area contributed by atoms with Gasteiger partial charge in [-0.25, -0.2) is 0 Å². The quantitative estimate of drug-likeness (QED) is 0.617. The molecule has 2 unspecified atom stereocenters. The molecule has 0 radical (unpaired) electrons. The van der Waals surface area contributed by atoms with Crippen LogP contribution in [0.1, 0.15) is 37.7 Å². The van der Waals surface area contributed by atoms with E-state index in [-0.39, 0.29) is 22.8 Å². The average molecular weight is 318 g/mol. The number of anilines is 1. The predicted molar refractivity (Wildman–Crippen MR) is 85.6 cm³/mol. The molecular formula is C17H22N2O4. The van der Waals surface area contributed by atoms with Gasteiger partial charge in [-0.3, -0.25) is 10.1 Å². The monoisotopic (exact) mass is 318 g/mol. The fourth-order valence-corrected chi connectivity index (χ4v) is 3.60. The molecule has 0 amide bonds. The Morgan fingerprint density at radius 3 is 2.52 bits per heavy atom. The van der Waals surface area contributed by atoms with Crippen LogP contribution in [0.25, 0.3) is 0 Å². The number of ether oxygens (including phenoxy) is 2. The Bertz CT molecular complexity index is 590. The third-order valence-electron chi connectivity index (χ3n) is 5.12. The molecule has 1 aromatic rings. The number of fused-ring (bicyclic) bond motifs is 2. The zero-order valence-electron chi connectivity index (χ0n) is 13.1. The molecule has 4 rings (SSSR count). The molecule has 23 heavy (non-hydrogen) atoms. The second-order valence-corrected chi connectivity index (χ2v) is 6.84. The van der Waals surface area contributed by atoms with E-state index in [4.69, 9.17) is 9.47 Å². The smallest absolute Gasteiger partial charge is 0.271 e. The summed E-state index contributed by atoms with van der Waals surface area (Å²) in [5.74, 6) is 0. The van der Waals surface area contributed by atoms with Crippen LogP contribution in [0, 0.1) is 10.1 Å². The first-order chi connectivity index (χ1) is 11.2. The fraction of sp³-hybridized carbons (Fsp3) is 0.647. The lowest BCUT2D eigenvalue weighted by Crippen LogP contribution is -2.42. The molecule has 6 heteroatoms.